The summed E-state index contributed by atoms with van der Waals surface area (Å²) in [5.41, 5.74) is 4.12. The Bertz CT molecular complexity index is 1000. The molecule has 148 valence electrons. The summed E-state index contributed by atoms with van der Waals surface area (Å²) in [7, 11) is 1.45. The van der Waals surface area contributed by atoms with Gasteiger partial charge in [-0.25, -0.2) is 5.43 Å². The van der Waals surface area contributed by atoms with E-state index in [-0.39, 0.29) is 10.7 Å². The molecule has 1 atom stereocenters. The number of para-hydroxylation sites is 1. The van der Waals surface area contributed by atoms with E-state index in [0.717, 1.165) is 11.8 Å². The standard InChI is InChI=1S/C20H18N4O4S/c1-12-7-9-13(10-8-12)24-19(27)15(17(25)22-20(24)29)11-21-23-18(26)14-5-3-4-6-16(14)28-2/h3-11,15H,1-2H3,(H,23,26)(H,22,25,29)/b21-11+/t15-/m1/s1. The molecule has 0 bridgehead atoms. The lowest BCUT2D eigenvalue weighted by Gasteiger charge is -2.30. The second-order valence-electron chi connectivity index (χ2n) is 6.20. The summed E-state index contributed by atoms with van der Waals surface area (Å²) in [6.07, 6.45) is 1.08. The number of thiocarbonyl (C=S) groups is 1. The number of carbonyl (C=O) groups excluding carboxylic acids is 3. The third-order valence-electron chi connectivity index (χ3n) is 4.24. The molecule has 1 aliphatic heterocycles. The summed E-state index contributed by atoms with van der Waals surface area (Å²) in [4.78, 5) is 38.6. The number of hydrogen-bond acceptors (Lipinski definition) is 6. The van der Waals surface area contributed by atoms with Gasteiger partial charge in [0.25, 0.3) is 11.8 Å². The van der Waals surface area contributed by atoms with Gasteiger partial charge in [0.2, 0.25) is 5.91 Å². The molecule has 0 aliphatic carbocycles. The highest BCUT2D eigenvalue weighted by Gasteiger charge is 2.38. The molecule has 0 aromatic heterocycles. The maximum Gasteiger partial charge on any atom is 0.275 e. The number of amides is 3. The highest BCUT2D eigenvalue weighted by molar-refractivity contribution is 7.80. The van der Waals surface area contributed by atoms with E-state index in [1.54, 1.807) is 36.4 Å². The van der Waals surface area contributed by atoms with Gasteiger partial charge in [0.15, 0.2) is 11.0 Å². The zero-order valence-corrected chi connectivity index (χ0v) is 16.5. The van der Waals surface area contributed by atoms with E-state index in [1.807, 2.05) is 19.1 Å². The van der Waals surface area contributed by atoms with Crippen LogP contribution in [0.5, 0.6) is 5.75 Å². The molecule has 2 aromatic rings. The van der Waals surface area contributed by atoms with Gasteiger partial charge in [0.05, 0.1) is 18.4 Å². The van der Waals surface area contributed by atoms with Crippen molar-refractivity contribution in [3.8, 4) is 5.75 Å². The highest BCUT2D eigenvalue weighted by Crippen LogP contribution is 2.21. The lowest BCUT2D eigenvalue weighted by molar-refractivity contribution is -0.130. The normalized spacial score (nSPS) is 16.7. The molecule has 29 heavy (non-hydrogen) atoms. The lowest BCUT2D eigenvalue weighted by atomic mass is 10.1. The fraction of sp³-hybridized carbons (Fsp3) is 0.150. The number of rotatable bonds is 5. The van der Waals surface area contributed by atoms with Gasteiger partial charge >= 0.3 is 0 Å². The van der Waals surface area contributed by atoms with Crippen molar-refractivity contribution in [2.45, 2.75) is 6.92 Å². The molecule has 2 N–H and O–H groups in total. The first-order chi connectivity index (χ1) is 13.9. The first-order valence-corrected chi connectivity index (χ1v) is 9.05. The molecule has 2 aromatic carbocycles. The molecule has 1 saturated heterocycles. The smallest absolute Gasteiger partial charge is 0.275 e. The number of hydrazone groups is 1. The Hall–Kier alpha value is -3.59. The molecule has 0 unspecified atom stereocenters. The molecule has 8 nitrogen and oxygen atoms in total. The number of nitrogens with one attached hydrogen (secondary N) is 2. The monoisotopic (exact) mass is 410 g/mol. The molecule has 1 heterocycles. The summed E-state index contributed by atoms with van der Waals surface area (Å²) >= 11 is 5.14. The first kappa shape index (κ1) is 20.2. The molecule has 1 fully saturated rings. The van der Waals surface area contributed by atoms with Crippen LogP contribution in [0.2, 0.25) is 0 Å². The molecule has 0 radical (unpaired) electrons. The van der Waals surface area contributed by atoms with E-state index in [2.05, 4.69) is 15.8 Å². The molecule has 9 heteroatoms. The van der Waals surface area contributed by atoms with Gasteiger partial charge in [-0.15, -0.1) is 0 Å². The number of ether oxygens (including phenoxy) is 1. The highest BCUT2D eigenvalue weighted by atomic mass is 32.1. The van der Waals surface area contributed by atoms with Gasteiger partial charge in [-0.05, 0) is 43.4 Å². The maximum absolute atomic E-state index is 12.8. The molecule has 1 aliphatic rings. The SMILES string of the molecule is COc1ccccc1C(=O)N/N=C/[C@@H]1C(=O)NC(=S)N(c2ccc(C)cc2)C1=O. The van der Waals surface area contributed by atoms with Crippen LogP contribution in [-0.2, 0) is 9.59 Å². The molecule has 3 amide bonds. The zero-order valence-electron chi connectivity index (χ0n) is 15.7. The summed E-state index contributed by atoms with van der Waals surface area (Å²) in [6, 6.07) is 13.7. The molecule has 0 spiro atoms. The van der Waals surface area contributed by atoms with Crippen LogP contribution in [0, 0.1) is 12.8 Å². The minimum Gasteiger partial charge on any atom is -0.496 e. The fourth-order valence-corrected chi connectivity index (χ4v) is 3.02. The van der Waals surface area contributed by atoms with E-state index in [1.165, 1.54) is 12.0 Å². The number of methoxy groups -OCH3 is 1. The van der Waals surface area contributed by atoms with Crippen molar-refractivity contribution >= 4 is 47.0 Å². The van der Waals surface area contributed by atoms with Crippen LogP contribution in [0.15, 0.2) is 53.6 Å². The Balaban J connectivity index is 1.76. The van der Waals surface area contributed by atoms with Gasteiger partial charge in [-0.2, -0.15) is 5.10 Å². The second-order valence-corrected chi connectivity index (χ2v) is 6.59. The zero-order chi connectivity index (χ0) is 21.0. The predicted molar refractivity (Wildman–Crippen MR) is 112 cm³/mol. The maximum atomic E-state index is 12.8. The predicted octanol–water partition coefficient (Wildman–Crippen LogP) is 1.78. The Kier molecular flexibility index (Phi) is 5.99. The van der Waals surface area contributed by atoms with Crippen molar-refractivity contribution in [3.63, 3.8) is 0 Å². The van der Waals surface area contributed by atoms with Crippen molar-refractivity contribution < 1.29 is 19.1 Å². The number of anilines is 1. The largest absolute Gasteiger partial charge is 0.496 e. The molecule has 3 rings (SSSR count). The van der Waals surface area contributed by atoms with Crippen LogP contribution < -0.4 is 20.4 Å². The van der Waals surface area contributed by atoms with Crippen molar-refractivity contribution in [1.29, 1.82) is 0 Å². The van der Waals surface area contributed by atoms with Crippen molar-refractivity contribution in [2.24, 2.45) is 11.0 Å². The van der Waals surface area contributed by atoms with Gasteiger partial charge < -0.3 is 10.1 Å². The van der Waals surface area contributed by atoms with Crippen molar-refractivity contribution in [2.75, 3.05) is 12.0 Å². The average molecular weight is 410 g/mol. The summed E-state index contributed by atoms with van der Waals surface area (Å²) in [5.74, 6) is -2.56. The van der Waals surface area contributed by atoms with Crippen LogP contribution >= 0.6 is 12.2 Å². The molecule has 0 saturated carbocycles. The number of nitrogens with zero attached hydrogens (tertiary/aromatic N) is 2. The third-order valence-corrected chi connectivity index (χ3v) is 4.52. The second kappa shape index (κ2) is 8.61. The molecular weight excluding hydrogens is 392 g/mol. The van der Waals surface area contributed by atoms with Gasteiger partial charge in [0.1, 0.15) is 5.75 Å². The van der Waals surface area contributed by atoms with E-state index < -0.39 is 23.6 Å². The van der Waals surface area contributed by atoms with E-state index >= 15 is 0 Å². The van der Waals surface area contributed by atoms with Crippen LogP contribution in [0.4, 0.5) is 5.69 Å². The van der Waals surface area contributed by atoms with E-state index in [0.29, 0.717) is 11.4 Å². The van der Waals surface area contributed by atoms with Crippen LogP contribution in [0.25, 0.3) is 0 Å². The van der Waals surface area contributed by atoms with Crippen LogP contribution in [0.3, 0.4) is 0 Å². The minimum atomic E-state index is -1.24. The lowest BCUT2D eigenvalue weighted by Crippen LogP contribution is -2.58. The van der Waals surface area contributed by atoms with Crippen LogP contribution in [0.1, 0.15) is 15.9 Å². The van der Waals surface area contributed by atoms with Crippen LogP contribution in [-0.4, -0.2) is 36.2 Å². The molecular formula is C20H18N4O4S. The van der Waals surface area contributed by atoms with E-state index in [4.69, 9.17) is 17.0 Å². The summed E-state index contributed by atoms with van der Waals surface area (Å²) in [6.45, 7) is 1.92. The van der Waals surface area contributed by atoms with Gasteiger partial charge in [0, 0.05) is 6.21 Å². The Morgan fingerprint density at radius 1 is 1.21 bits per heavy atom. The van der Waals surface area contributed by atoms with Gasteiger partial charge in [-0.3, -0.25) is 19.3 Å². The number of aryl methyl sites for hydroxylation is 1. The van der Waals surface area contributed by atoms with Gasteiger partial charge in [-0.1, -0.05) is 29.8 Å². The van der Waals surface area contributed by atoms with Crippen molar-refractivity contribution in [3.05, 3.63) is 59.7 Å². The third kappa shape index (κ3) is 4.30. The number of hydrogen-bond donors (Lipinski definition) is 2. The Labute approximate surface area is 172 Å². The van der Waals surface area contributed by atoms with E-state index in [9.17, 15) is 14.4 Å². The quantitative estimate of drug-likeness (QED) is 0.339. The fourth-order valence-electron chi connectivity index (χ4n) is 2.72. The topological polar surface area (TPSA) is 100 Å². The number of carbonyl (C=O) groups is 3. The minimum absolute atomic E-state index is 0.00781. The van der Waals surface area contributed by atoms with Crippen molar-refractivity contribution in [1.82, 2.24) is 10.7 Å². The first-order valence-electron chi connectivity index (χ1n) is 8.64. The summed E-state index contributed by atoms with van der Waals surface area (Å²) in [5, 5.41) is 6.26. The Morgan fingerprint density at radius 2 is 1.90 bits per heavy atom. The summed E-state index contributed by atoms with van der Waals surface area (Å²) < 4.78 is 5.13. The average Bonchev–Trinajstić information content (AvgIpc) is 2.71. The number of benzene rings is 2. The Morgan fingerprint density at radius 3 is 2.59 bits per heavy atom.